The van der Waals surface area contributed by atoms with Gasteiger partial charge in [0.05, 0.1) is 11.5 Å². The highest BCUT2D eigenvalue weighted by atomic mass is 79.9. The first kappa shape index (κ1) is 26.1. The molecule has 0 fully saturated rings. The van der Waals surface area contributed by atoms with E-state index in [0.717, 1.165) is 25.4 Å². The molecule has 0 bridgehead atoms. The van der Waals surface area contributed by atoms with Crippen LogP contribution in [0.4, 0.5) is 0 Å². The number of carbonyl (C=O) groups is 1. The molecule has 0 aromatic heterocycles. The number of aryl methyl sites for hydroxylation is 1. The molecule has 3 rings (SSSR count). The maximum atomic E-state index is 11.6. The lowest BCUT2D eigenvalue weighted by Gasteiger charge is -2.12. The first-order valence-corrected chi connectivity index (χ1v) is 13.9. The first-order valence-electron chi connectivity index (χ1n) is 10.4. The van der Waals surface area contributed by atoms with Crippen molar-refractivity contribution in [2.24, 2.45) is 0 Å². The third-order valence-corrected chi connectivity index (χ3v) is 7.18. The van der Waals surface area contributed by atoms with Gasteiger partial charge in [0.1, 0.15) is 18.1 Å². The summed E-state index contributed by atoms with van der Waals surface area (Å²) in [5, 5.41) is 0. The second-order valence-electron chi connectivity index (χ2n) is 7.45. The molecule has 0 spiro atoms. The number of sulfone groups is 1. The monoisotopic (exact) mass is 564 g/mol. The molecule has 3 aromatic rings. The van der Waals surface area contributed by atoms with E-state index in [-0.39, 0.29) is 11.5 Å². The molecule has 0 aliphatic rings. The van der Waals surface area contributed by atoms with Gasteiger partial charge in [-0.05, 0) is 73.5 Å². The molecule has 0 N–H and O–H groups in total. The van der Waals surface area contributed by atoms with Crippen LogP contribution in [0.5, 0.6) is 11.5 Å². The average molecular weight is 566 g/mol. The van der Waals surface area contributed by atoms with Crippen LogP contribution < -0.4 is 9.47 Å². The first-order chi connectivity index (χ1) is 16.1. The fourth-order valence-corrected chi connectivity index (χ4v) is 5.26. The van der Waals surface area contributed by atoms with Crippen molar-refractivity contribution in [1.82, 2.24) is 0 Å². The van der Waals surface area contributed by atoms with Crippen LogP contribution in [0.3, 0.4) is 0 Å². The smallest absolute Gasteiger partial charge is 0.344 e. The van der Waals surface area contributed by atoms with Crippen LogP contribution in [0.2, 0.25) is 0 Å². The van der Waals surface area contributed by atoms with Gasteiger partial charge in [0.2, 0.25) is 0 Å². The summed E-state index contributed by atoms with van der Waals surface area (Å²) in [5.74, 6) is 0.932. The molecule has 3 aromatic carbocycles. The Bertz CT molecular complexity index is 1260. The maximum Gasteiger partial charge on any atom is 0.344 e. The predicted molar refractivity (Wildman–Crippen MR) is 135 cm³/mol. The summed E-state index contributed by atoms with van der Waals surface area (Å²) in [6.45, 7) is 4.20. The highest BCUT2D eigenvalue weighted by Crippen LogP contribution is 2.35. The van der Waals surface area contributed by atoms with Gasteiger partial charge in [-0.2, -0.15) is 0 Å². The lowest BCUT2D eigenvalue weighted by Crippen LogP contribution is -2.14. The molecule has 0 atom stereocenters. The van der Waals surface area contributed by atoms with Crippen molar-refractivity contribution in [3.8, 4) is 11.5 Å². The molecule has 0 saturated heterocycles. The van der Waals surface area contributed by atoms with Crippen molar-refractivity contribution in [3.63, 3.8) is 0 Å². The molecule has 34 heavy (non-hydrogen) atoms. The Morgan fingerprint density at radius 3 is 2.35 bits per heavy atom. The van der Waals surface area contributed by atoms with E-state index in [9.17, 15) is 13.2 Å². The van der Waals surface area contributed by atoms with E-state index in [1.54, 1.807) is 43.0 Å². The molecule has 0 aliphatic heterocycles. The van der Waals surface area contributed by atoms with Gasteiger partial charge in [0, 0.05) is 20.5 Å². The van der Waals surface area contributed by atoms with E-state index in [1.165, 1.54) is 6.26 Å². The maximum absolute atomic E-state index is 11.6. The fraction of sp³-hybridized carbons (Fsp3) is 0.240. The summed E-state index contributed by atoms with van der Waals surface area (Å²) in [6.07, 6.45) is 1.19. The van der Waals surface area contributed by atoms with Crippen molar-refractivity contribution < 1.29 is 27.4 Å². The lowest BCUT2D eigenvalue weighted by atomic mass is 10.2. The molecule has 9 heteroatoms. The predicted octanol–water partition coefficient (Wildman–Crippen LogP) is 5.83. The molecule has 6 nitrogen and oxygen atoms in total. The van der Waals surface area contributed by atoms with Gasteiger partial charge in [-0.3, -0.25) is 0 Å². The Hall–Kier alpha value is -2.49. The van der Waals surface area contributed by atoms with Crippen LogP contribution in [-0.4, -0.2) is 33.9 Å². The van der Waals surface area contributed by atoms with Gasteiger partial charge in [0.15, 0.2) is 16.4 Å². The molecule has 0 unspecified atom stereocenters. The quantitative estimate of drug-likeness (QED) is 0.286. The Kier molecular flexibility index (Phi) is 9.04. The number of halogens is 1. The summed E-state index contributed by atoms with van der Waals surface area (Å²) in [5.41, 5.74) is 1.79. The van der Waals surface area contributed by atoms with E-state index < -0.39 is 15.8 Å². The molecular formula is C25H25BrO6S2. The minimum absolute atomic E-state index is 0.121. The van der Waals surface area contributed by atoms with Gasteiger partial charge in [-0.1, -0.05) is 39.8 Å². The highest BCUT2D eigenvalue weighted by Gasteiger charge is 2.09. The van der Waals surface area contributed by atoms with E-state index in [2.05, 4.69) is 15.9 Å². The number of hydrogen-bond donors (Lipinski definition) is 0. The number of hydrogen-bond acceptors (Lipinski definition) is 7. The fourth-order valence-electron chi connectivity index (χ4n) is 3.00. The van der Waals surface area contributed by atoms with Gasteiger partial charge in [-0.15, -0.1) is 0 Å². The van der Waals surface area contributed by atoms with Crippen LogP contribution in [0.1, 0.15) is 18.1 Å². The summed E-state index contributed by atoms with van der Waals surface area (Å²) in [6, 6.07) is 18.3. The van der Waals surface area contributed by atoms with E-state index in [0.29, 0.717) is 24.7 Å². The summed E-state index contributed by atoms with van der Waals surface area (Å²) >= 11 is 5.11. The minimum Gasteiger partial charge on any atom is -0.489 e. The zero-order chi connectivity index (χ0) is 24.7. The topological polar surface area (TPSA) is 78.9 Å². The van der Waals surface area contributed by atoms with Crippen LogP contribution >= 0.6 is 27.7 Å². The Morgan fingerprint density at radius 2 is 1.71 bits per heavy atom. The number of carbonyl (C=O) groups excluding carboxylic acids is 1. The Balaban J connectivity index is 1.64. The number of esters is 1. The SMILES string of the molecule is CCOC(=O)COc1ccc(Sc2cc(Br)cc(OCc3ccc(S(C)(=O)=O)cc3)c2)cc1C. The van der Waals surface area contributed by atoms with Gasteiger partial charge in [-0.25, -0.2) is 13.2 Å². The second-order valence-corrected chi connectivity index (χ2v) is 11.5. The molecule has 0 aliphatic carbocycles. The van der Waals surface area contributed by atoms with Gasteiger partial charge in [0.25, 0.3) is 0 Å². The molecule has 0 radical (unpaired) electrons. The van der Waals surface area contributed by atoms with E-state index in [4.69, 9.17) is 14.2 Å². The third-order valence-electron chi connectivity index (χ3n) is 4.63. The normalized spacial score (nSPS) is 11.2. The van der Waals surface area contributed by atoms with Crippen LogP contribution in [-0.2, 0) is 26.0 Å². The summed E-state index contributed by atoms with van der Waals surface area (Å²) in [7, 11) is -3.22. The van der Waals surface area contributed by atoms with Crippen molar-refractivity contribution in [2.45, 2.75) is 35.1 Å². The van der Waals surface area contributed by atoms with E-state index in [1.807, 2.05) is 43.3 Å². The molecule has 0 heterocycles. The van der Waals surface area contributed by atoms with E-state index >= 15 is 0 Å². The summed E-state index contributed by atoms with van der Waals surface area (Å²) < 4.78 is 40.5. The number of ether oxygens (including phenoxy) is 3. The van der Waals surface area contributed by atoms with Crippen LogP contribution in [0.15, 0.2) is 79.8 Å². The van der Waals surface area contributed by atoms with Gasteiger partial charge < -0.3 is 14.2 Å². The van der Waals surface area contributed by atoms with Gasteiger partial charge >= 0.3 is 5.97 Å². The second kappa shape index (κ2) is 11.8. The zero-order valence-corrected chi connectivity index (χ0v) is 22.3. The molecule has 0 saturated carbocycles. The van der Waals surface area contributed by atoms with Crippen molar-refractivity contribution >= 4 is 43.5 Å². The molecule has 180 valence electrons. The number of rotatable bonds is 10. The standard InChI is InChI=1S/C25H25BrO6S2/c1-4-30-25(27)16-32-24-10-7-21(11-17(24)2)33-22-13-19(26)12-20(14-22)31-15-18-5-8-23(9-6-18)34(3,28)29/h5-14H,4,15-16H2,1-3H3. The van der Waals surface area contributed by atoms with Crippen LogP contribution in [0, 0.1) is 6.92 Å². The molecular weight excluding hydrogens is 540 g/mol. The van der Waals surface area contributed by atoms with Crippen molar-refractivity contribution in [2.75, 3.05) is 19.5 Å². The largest absolute Gasteiger partial charge is 0.489 e. The Morgan fingerprint density at radius 1 is 0.971 bits per heavy atom. The molecule has 0 amide bonds. The van der Waals surface area contributed by atoms with Crippen molar-refractivity contribution in [3.05, 3.63) is 76.3 Å². The minimum atomic E-state index is -3.22. The average Bonchev–Trinajstić information content (AvgIpc) is 2.77. The Labute approximate surface area is 212 Å². The van der Waals surface area contributed by atoms with Crippen molar-refractivity contribution in [1.29, 1.82) is 0 Å². The van der Waals surface area contributed by atoms with Crippen LogP contribution in [0.25, 0.3) is 0 Å². The highest BCUT2D eigenvalue weighted by molar-refractivity contribution is 9.10. The lowest BCUT2D eigenvalue weighted by molar-refractivity contribution is -0.145. The third kappa shape index (κ3) is 7.78. The summed E-state index contributed by atoms with van der Waals surface area (Å²) in [4.78, 5) is 13.8. The number of benzene rings is 3. The zero-order valence-electron chi connectivity index (χ0n) is 19.0.